The molecule has 0 aliphatic carbocycles. The molecule has 1 aromatic rings. The number of ether oxygens (including phenoxy) is 1. The first-order valence-corrected chi connectivity index (χ1v) is 4.89. The number of phenolic OH excluding ortho intramolecular Hbond substituents is 1. The van der Waals surface area contributed by atoms with Crippen molar-refractivity contribution in [1.29, 1.82) is 0 Å². The number of phenols is 1. The molecule has 0 aromatic heterocycles. The van der Waals surface area contributed by atoms with Crippen LogP contribution in [0.15, 0.2) is 24.3 Å². The highest BCUT2D eigenvalue weighted by molar-refractivity contribution is 5.79. The van der Waals surface area contributed by atoms with Crippen molar-refractivity contribution in [3.05, 3.63) is 29.8 Å². The molecule has 4 nitrogen and oxygen atoms in total. The molecule has 2 N–H and O–H groups in total. The van der Waals surface area contributed by atoms with Gasteiger partial charge < -0.3 is 15.2 Å². The van der Waals surface area contributed by atoms with Gasteiger partial charge >= 0.3 is 0 Å². The molecule has 1 saturated heterocycles. The number of para-hydroxylation sites is 1. The fourth-order valence-corrected chi connectivity index (χ4v) is 1.43. The summed E-state index contributed by atoms with van der Waals surface area (Å²) < 4.78 is 4.95. The van der Waals surface area contributed by atoms with Crippen molar-refractivity contribution in [3.63, 3.8) is 0 Å². The van der Waals surface area contributed by atoms with Crippen LogP contribution in [-0.4, -0.2) is 30.3 Å². The van der Waals surface area contributed by atoms with Crippen molar-refractivity contribution in [1.82, 2.24) is 5.32 Å². The molecular weight excluding hydrogens is 194 g/mol. The second-order valence-corrected chi connectivity index (χ2v) is 3.61. The molecule has 0 unspecified atom stereocenters. The van der Waals surface area contributed by atoms with E-state index in [0.29, 0.717) is 18.8 Å². The second-order valence-electron chi connectivity index (χ2n) is 3.61. The lowest BCUT2D eigenvalue weighted by Gasteiger charge is -2.26. The predicted octanol–water partition coefficient (Wildman–Crippen LogP) is 0.450. The van der Waals surface area contributed by atoms with Gasteiger partial charge in [0.1, 0.15) is 5.75 Å². The van der Waals surface area contributed by atoms with Gasteiger partial charge in [-0.25, -0.2) is 0 Å². The molecule has 1 aliphatic heterocycles. The van der Waals surface area contributed by atoms with Gasteiger partial charge in [-0.2, -0.15) is 0 Å². The van der Waals surface area contributed by atoms with Gasteiger partial charge in [0.2, 0.25) is 5.91 Å². The molecule has 1 amide bonds. The monoisotopic (exact) mass is 207 g/mol. The third-order valence-corrected chi connectivity index (χ3v) is 2.35. The maximum absolute atomic E-state index is 11.5. The minimum Gasteiger partial charge on any atom is -0.508 e. The molecular formula is C11H13NO3. The Hall–Kier alpha value is -1.55. The largest absolute Gasteiger partial charge is 0.508 e. The predicted molar refractivity (Wildman–Crippen MR) is 54.6 cm³/mol. The van der Waals surface area contributed by atoms with Gasteiger partial charge in [-0.3, -0.25) is 4.79 Å². The Morgan fingerprint density at radius 2 is 2.20 bits per heavy atom. The summed E-state index contributed by atoms with van der Waals surface area (Å²) in [6.45, 7) is 1.18. The third kappa shape index (κ3) is 2.47. The molecule has 80 valence electrons. The van der Waals surface area contributed by atoms with E-state index in [2.05, 4.69) is 5.32 Å². The molecule has 0 bridgehead atoms. The first-order chi connectivity index (χ1) is 7.25. The average molecular weight is 207 g/mol. The number of nitrogens with one attached hydrogen (secondary N) is 1. The smallest absolute Gasteiger partial charge is 0.224 e. The molecule has 0 atom stereocenters. The summed E-state index contributed by atoms with van der Waals surface area (Å²) in [6, 6.07) is 7.00. The molecule has 4 heteroatoms. The van der Waals surface area contributed by atoms with Crippen molar-refractivity contribution in [2.45, 2.75) is 12.5 Å². The number of carbonyl (C=O) groups is 1. The lowest BCUT2D eigenvalue weighted by atomic mass is 10.1. The van der Waals surface area contributed by atoms with Crippen molar-refractivity contribution >= 4 is 5.91 Å². The molecule has 0 spiro atoms. The number of carbonyl (C=O) groups excluding carboxylic acids is 1. The third-order valence-electron chi connectivity index (χ3n) is 2.35. The highest BCUT2D eigenvalue weighted by Crippen LogP contribution is 2.16. The Morgan fingerprint density at radius 3 is 2.80 bits per heavy atom. The van der Waals surface area contributed by atoms with E-state index in [4.69, 9.17) is 4.74 Å². The average Bonchev–Trinajstić information content (AvgIpc) is 2.16. The Balaban J connectivity index is 1.90. The van der Waals surface area contributed by atoms with E-state index in [1.165, 1.54) is 0 Å². The quantitative estimate of drug-likeness (QED) is 0.756. The molecule has 1 aliphatic rings. The van der Waals surface area contributed by atoms with Crippen LogP contribution >= 0.6 is 0 Å². The van der Waals surface area contributed by atoms with Crippen LogP contribution in [0.2, 0.25) is 0 Å². The second kappa shape index (κ2) is 4.31. The van der Waals surface area contributed by atoms with E-state index in [9.17, 15) is 9.90 Å². The molecule has 1 fully saturated rings. The highest BCUT2D eigenvalue weighted by atomic mass is 16.5. The molecule has 0 radical (unpaired) electrons. The zero-order valence-corrected chi connectivity index (χ0v) is 8.27. The Morgan fingerprint density at radius 1 is 1.47 bits per heavy atom. The summed E-state index contributed by atoms with van der Waals surface area (Å²) in [7, 11) is 0. The van der Waals surface area contributed by atoms with E-state index in [0.717, 1.165) is 0 Å². The first kappa shape index (κ1) is 9.98. The van der Waals surface area contributed by atoms with Crippen molar-refractivity contribution in [2.75, 3.05) is 13.2 Å². The van der Waals surface area contributed by atoms with Gasteiger partial charge in [0.05, 0.1) is 25.7 Å². The summed E-state index contributed by atoms with van der Waals surface area (Å²) >= 11 is 0. The SMILES string of the molecule is O=C(Cc1ccccc1O)NC1COC1. The van der Waals surface area contributed by atoms with Crippen LogP contribution in [0.5, 0.6) is 5.75 Å². The van der Waals surface area contributed by atoms with Gasteiger partial charge in [-0.05, 0) is 6.07 Å². The van der Waals surface area contributed by atoms with Crippen LogP contribution in [-0.2, 0) is 16.0 Å². The molecule has 15 heavy (non-hydrogen) atoms. The summed E-state index contributed by atoms with van der Waals surface area (Å²) in [5.74, 6) is 0.0855. The lowest BCUT2D eigenvalue weighted by molar-refractivity contribution is -0.124. The van der Waals surface area contributed by atoms with Crippen LogP contribution in [0.25, 0.3) is 0 Å². The van der Waals surface area contributed by atoms with E-state index >= 15 is 0 Å². The Kier molecular flexibility index (Phi) is 2.87. The van der Waals surface area contributed by atoms with E-state index in [-0.39, 0.29) is 24.1 Å². The normalized spacial score (nSPS) is 15.7. The fourth-order valence-electron chi connectivity index (χ4n) is 1.43. The van der Waals surface area contributed by atoms with E-state index < -0.39 is 0 Å². The van der Waals surface area contributed by atoms with Crippen LogP contribution in [0.3, 0.4) is 0 Å². The molecule has 2 rings (SSSR count). The van der Waals surface area contributed by atoms with Gasteiger partial charge in [-0.15, -0.1) is 0 Å². The minimum atomic E-state index is -0.0789. The summed E-state index contributed by atoms with van der Waals surface area (Å²) in [5.41, 5.74) is 0.648. The zero-order valence-electron chi connectivity index (χ0n) is 8.27. The lowest BCUT2D eigenvalue weighted by Crippen LogP contribution is -2.49. The maximum Gasteiger partial charge on any atom is 0.224 e. The number of aromatic hydroxyl groups is 1. The fraction of sp³-hybridized carbons (Fsp3) is 0.364. The first-order valence-electron chi connectivity index (χ1n) is 4.89. The van der Waals surface area contributed by atoms with Crippen molar-refractivity contribution < 1.29 is 14.6 Å². The summed E-state index contributed by atoms with van der Waals surface area (Å²) in [5, 5.41) is 12.3. The van der Waals surface area contributed by atoms with Crippen molar-refractivity contribution in [3.8, 4) is 5.75 Å². The van der Waals surface area contributed by atoms with E-state index in [1.54, 1.807) is 24.3 Å². The van der Waals surface area contributed by atoms with Crippen LogP contribution in [0.1, 0.15) is 5.56 Å². The number of rotatable bonds is 3. The van der Waals surface area contributed by atoms with Crippen LogP contribution in [0.4, 0.5) is 0 Å². The number of hydrogen-bond donors (Lipinski definition) is 2. The number of hydrogen-bond acceptors (Lipinski definition) is 3. The molecule has 1 aromatic carbocycles. The zero-order chi connectivity index (χ0) is 10.7. The standard InChI is InChI=1S/C11H13NO3/c13-10-4-2-1-3-8(10)5-11(14)12-9-6-15-7-9/h1-4,9,13H,5-7H2,(H,12,14). The van der Waals surface area contributed by atoms with Crippen LogP contribution < -0.4 is 5.32 Å². The van der Waals surface area contributed by atoms with Gasteiger partial charge in [-0.1, -0.05) is 18.2 Å². The topological polar surface area (TPSA) is 58.6 Å². The Labute approximate surface area is 87.9 Å². The summed E-state index contributed by atoms with van der Waals surface area (Å²) in [6.07, 6.45) is 0.211. The number of benzene rings is 1. The minimum absolute atomic E-state index is 0.0789. The summed E-state index contributed by atoms with van der Waals surface area (Å²) in [4.78, 5) is 11.5. The van der Waals surface area contributed by atoms with E-state index in [1.807, 2.05) is 0 Å². The van der Waals surface area contributed by atoms with Gasteiger partial charge in [0.15, 0.2) is 0 Å². The number of amides is 1. The van der Waals surface area contributed by atoms with Gasteiger partial charge in [0.25, 0.3) is 0 Å². The Bertz CT molecular complexity index is 361. The molecule has 0 saturated carbocycles. The van der Waals surface area contributed by atoms with Crippen LogP contribution in [0, 0.1) is 0 Å². The highest BCUT2D eigenvalue weighted by Gasteiger charge is 2.20. The van der Waals surface area contributed by atoms with Gasteiger partial charge in [0, 0.05) is 5.56 Å². The van der Waals surface area contributed by atoms with Crippen molar-refractivity contribution in [2.24, 2.45) is 0 Å². The maximum atomic E-state index is 11.5. The molecule has 1 heterocycles.